The van der Waals surface area contributed by atoms with Crippen molar-refractivity contribution in [1.29, 1.82) is 5.26 Å². The molecule has 0 fully saturated rings. The van der Waals surface area contributed by atoms with Crippen molar-refractivity contribution >= 4 is 15.9 Å². The van der Waals surface area contributed by atoms with E-state index < -0.39 is 11.9 Å². The summed E-state index contributed by atoms with van der Waals surface area (Å²) in [6.07, 6.45) is -3.43. The van der Waals surface area contributed by atoms with Gasteiger partial charge in [-0.15, -0.1) is 0 Å². The van der Waals surface area contributed by atoms with Crippen molar-refractivity contribution in [3.05, 3.63) is 46.2 Å². The number of benzene rings is 1. The first kappa shape index (κ1) is 12.6. The summed E-state index contributed by atoms with van der Waals surface area (Å²) >= 11 is 2.82. The second kappa shape index (κ2) is 4.46. The molecule has 0 bridgehead atoms. The minimum atomic E-state index is -4.51. The number of nitriles is 1. The van der Waals surface area contributed by atoms with Gasteiger partial charge in [-0.2, -0.15) is 23.5 Å². The molecule has 0 aliphatic carbocycles. The molecular formula is C11H5BrF3N3. The molecule has 0 unspecified atom stereocenters. The smallest absolute Gasteiger partial charge is 0.227 e. The van der Waals surface area contributed by atoms with Crippen molar-refractivity contribution in [1.82, 2.24) is 9.78 Å². The highest BCUT2D eigenvalue weighted by atomic mass is 79.9. The number of alkyl halides is 3. The van der Waals surface area contributed by atoms with E-state index in [4.69, 9.17) is 5.26 Å². The zero-order valence-corrected chi connectivity index (χ0v) is 10.3. The van der Waals surface area contributed by atoms with Crippen LogP contribution in [0.1, 0.15) is 11.3 Å². The Bertz CT molecular complexity index is 608. The Morgan fingerprint density at radius 2 is 1.83 bits per heavy atom. The summed E-state index contributed by atoms with van der Waals surface area (Å²) in [5, 5.41) is 12.3. The summed E-state index contributed by atoms with van der Waals surface area (Å²) in [6.45, 7) is 0. The number of nitrogens with zero attached hydrogens (tertiary/aromatic N) is 3. The van der Waals surface area contributed by atoms with Crippen LogP contribution < -0.4 is 0 Å². The van der Waals surface area contributed by atoms with Crippen LogP contribution in [-0.2, 0) is 6.18 Å². The van der Waals surface area contributed by atoms with Crippen LogP contribution in [0.25, 0.3) is 5.69 Å². The Kier molecular flexibility index (Phi) is 3.13. The first-order valence-corrected chi connectivity index (χ1v) is 5.54. The SMILES string of the molecule is N#Cc1ccc(-n2ncc(Br)c2C(F)(F)F)cc1. The molecule has 0 amide bonds. The number of hydrogen-bond donors (Lipinski definition) is 0. The first-order chi connectivity index (χ1) is 8.43. The van der Waals surface area contributed by atoms with Gasteiger partial charge in [0.25, 0.3) is 0 Å². The second-order valence-electron chi connectivity index (χ2n) is 3.41. The summed E-state index contributed by atoms with van der Waals surface area (Å²) in [6, 6.07) is 7.59. The first-order valence-electron chi connectivity index (χ1n) is 4.74. The van der Waals surface area contributed by atoms with Crippen LogP contribution in [0.15, 0.2) is 34.9 Å². The van der Waals surface area contributed by atoms with E-state index in [0.29, 0.717) is 5.56 Å². The number of aromatic nitrogens is 2. The lowest BCUT2D eigenvalue weighted by Gasteiger charge is -2.10. The highest BCUT2D eigenvalue weighted by Crippen LogP contribution is 2.35. The second-order valence-corrected chi connectivity index (χ2v) is 4.26. The largest absolute Gasteiger partial charge is 0.434 e. The lowest BCUT2D eigenvalue weighted by atomic mass is 10.2. The standard InChI is InChI=1S/C11H5BrF3N3/c12-9-6-17-18(10(9)11(13,14)15)8-3-1-7(5-16)2-4-8/h1-4,6H. The summed E-state index contributed by atoms with van der Waals surface area (Å²) in [5.41, 5.74) is -0.266. The Morgan fingerprint density at radius 3 is 2.33 bits per heavy atom. The predicted octanol–water partition coefficient (Wildman–Crippen LogP) is 3.53. The van der Waals surface area contributed by atoms with Crippen molar-refractivity contribution in [2.24, 2.45) is 0 Å². The van der Waals surface area contributed by atoms with Gasteiger partial charge in [0.05, 0.1) is 28.0 Å². The molecule has 0 radical (unpaired) electrons. The van der Waals surface area contributed by atoms with Gasteiger partial charge in [-0.05, 0) is 40.2 Å². The molecule has 0 N–H and O–H groups in total. The molecular weight excluding hydrogens is 311 g/mol. The molecule has 2 rings (SSSR count). The Labute approximate surface area is 109 Å². The Balaban J connectivity index is 2.55. The molecule has 0 aliphatic rings. The molecule has 3 nitrogen and oxygen atoms in total. The minimum absolute atomic E-state index is 0.126. The van der Waals surface area contributed by atoms with Crippen molar-refractivity contribution in [3.63, 3.8) is 0 Å². The van der Waals surface area contributed by atoms with E-state index in [0.717, 1.165) is 10.9 Å². The van der Waals surface area contributed by atoms with Gasteiger partial charge >= 0.3 is 6.18 Å². The van der Waals surface area contributed by atoms with Crippen molar-refractivity contribution in [3.8, 4) is 11.8 Å². The van der Waals surface area contributed by atoms with Crippen molar-refractivity contribution in [2.45, 2.75) is 6.18 Å². The van der Waals surface area contributed by atoms with Crippen LogP contribution in [-0.4, -0.2) is 9.78 Å². The number of rotatable bonds is 1. The van der Waals surface area contributed by atoms with Crippen molar-refractivity contribution < 1.29 is 13.2 Å². The topological polar surface area (TPSA) is 41.6 Å². The summed E-state index contributed by atoms with van der Waals surface area (Å²) in [5.74, 6) is 0. The maximum Gasteiger partial charge on any atom is 0.434 e. The van der Waals surface area contributed by atoms with Crippen LogP contribution in [0.3, 0.4) is 0 Å². The molecule has 0 saturated heterocycles. The Morgan fingerprint density at radius 1 is 1.22 bits per heavy atom. The molecule has 0 atom stereocenters. The summed E-state index contributed by atoms with van der Waals surface area (Å²) in [4.78, 5) is 0. The van der Waals surface area contributed by atoms with E-state index in [1.54, 1.807) is 0 Å². The van der Waals surface area contributed by atoms with E-state index in [1.165, 1.54) is 24.3 Å². The average molecular weight is 316 g/mol. The zero-order chi connectivity index (χ0) is 13.3. The molecule has 1 aromatic carbocycles. The van der Waals surface area contributed by atoms with Gasteiger partial charge in [-0.3, -0.25) is 0 Å². The molecule has 18 heavy (non-hydrogen) atoms. The van der Waals surface area contributed by atoms with Crippen molar-refractivity contribution in [2.75, 3.05) is 0 Å². The quantitative estimate of drug-likeness (QED) is 0.808. The molecule has 0 spiro atoms. The van der Waals surface area contributed by atoms with Gasteiger partial charge in [0, 0.05) is 0 Å². The van der Waals surface area contributed by atoms with Gasteiger partial charge in [0.15, 0.2) is 5.69 Å². The van der Waals surface area contributed by atoms with Crippen LogP contribution in [0.2, 0.25) is 0 Å². The maximum absolute atomic E-state index is 12.8. The molecule has 1 heterocycles. The minimum Gasteiger partial charge on any atom is -0.227 e. The van der Waals surface area contributed by atoms with Gasteiger partial charge in [-0.1, -0.05) is 0 Å². The molecule has 7 heteroatoms. The fourth-order valence-electron chi connectivity index (χ4n) is 1.46. The average Bonchev–Trinajstić information content (AvgIpc) is 2.71. The third-order valence-electron chi connectivity index (χ3n) is 2.23. The maximum atomic E-state index is 12.8. The third-order valence-corrected chi connectivity index (χ3v) is 2.81. The fraction of sp³-hybridized carbons (Fsp3) is 0.0909. The lowest BCUT2D eigenvalue weighted by Crippen LogP contribution is -2.13. The Hall–Kier alpha value is -1.81. The van der Waals surface area contributed by atoms with E-state index in [-0.39, 0.29) is 10.2 Å². The molecule has 0 saturated carbocycles. The number of halogens is 4. The predicted molar refractivity (Wildman–Crippen MR) is 61.0 cm³/mol. The lowest BCUT2D eigenvalue weighted by molar-refractivity contribution is -0.143. The van der Waals surface area contributed by atoms with E-state index in [2.05, 4.69) is 21.0 Å². The van der Waals surface area contributed by atoms with Gasteiger partial charge in [0.2, 0.25) is 0 Å². The number of hydrogen-bond acceptors (Lipinski definition) is 2. The highest BCUT2D eigenvalue weighted by Gasteiger charge is 2.38. The normalized spacial score (nSPS) is 11.3. The van der Waals surface area contributed by atoms with Gasteiger partial charge in [-0.25, -0.2) is 4.68 Å². The highest BCUT2D eigenvalue weighted by molar-refractivity contribution is 9.10. The van der Waals surface area contributed by atoms with E-state index in [9.17, 15) is 13.2 Å². The summed E-state index contributed by atoms with van der Waals surface area (Å²) < 4.78 is 39.1. The summed E-state index contributed by atoms with van der Waals surface area (Å²) in [7, 11) is 0. The monoisotopic (exact) mass is 315 g/mol. The van der Waals surface area contributed by atoms with Gasteiger partial charge in [0.1, 0.15) is 0 Å². The van der Waals surface area contributed by atoms with Crippen LogP contribution >= 0.6 is 15.9 Å². The molecule has 2 aromatic rings. The van der Waals surface area contributed by atoms with Crippen LogP contribution in [0.4, 0.5) is 13.2 Å². The van der Waals surface area contributed by atoms with E-state index in [1.807, 2.05) is 6.07 Å². The fourth-order valence-corrected chi connectivity index (χ4v) is 1.94. The zero-order valence-electron chi connectivity index (χ0n) is 8.74. The van der Waals surface area contributed by atoms with Gasteiger partial charge < -0.3 is 0 Å². The van der Waals surface area contributed by atoms with Crippen LogP contribution in [0, 0.1) is 11.3 Å². The van der Waals surface area contributed by atoms with E-state index >= 15 is 0 Å². The molecule has 0 aliphatic heterocycles. The third kappa shape index (κ3) is 2.24. The molecule has 92 valence electrons. The molecule has 1 aromatic heterocycles. The van der Waals surface area contributed by atoms with Crippen LogP contribution in [0.5, 0.6) is 0 Å².